The van der Waals surface area contributed by atoms with Crippen LogP contribution in [-0.4, -0.2) is 55.3 Å². The van der Waals surface area contributed by atoms with Gasteiger partial charge in [0.1, 0.15) is 0 Å². The van der Waals surface area contributed by atoms with Gasteiger partial charge in [-0.25, -0.2) is 0 Å². The van der Waals surface area contributed by atoms with Gasteiger partial charge in [-0.3, -0.25) is 0 Å². The van der Waals surface area contributed by atoms with Crippen LogP contribution in [0.4, 0.5) is 6.01 Å². The first-order valence-corrected chi connectivity index (χ1v) is 6.08. The summed E-state index contributed by atoms with van der Waals surface area (Å²) >= 11 is 0. The lowest BCUT2D eigenvalue weighted by Crippen LogP contribution is -2.32. The fourth-order valence-corrected chi connectivity index (χ4v) is 1.48. The number of methoxy groups -OCH3 is 1. The molecule has 1 aromatic heterocycles. The molecular formula is C11H22N4O3. The van der Waals surface area contributed by atoms with E-state index in [1.165, 1.54) is 0 Å². The maximum Gasteiger partial charge on any atom is 0.318 e. The number of hydrogen-bond acceptors (Lipinski definition) is 7. The summed E-state index contributed by atoms with van der Waals surface area (Å²) in [5, 5.41) is 20.6. The molecule has 0 aliphatic heterocycles. The standard InChI is InChI=1S/C11H22N4O3/c1-4-5-12-6-10-13-14-11(18-10)15(2)7-9(16)8-17-3/h9,12,16H,4-8H2,1-3H3. The summed E-state index contributed by atoms with van der Waals surface area (Å²) in [5.74, 6) is 0.548. The molecule has 2 N–H and O–H groups in total. The lowest BCUT2D eigenvalue weighted by molar-refractivity contribution is 0.0689. The number of aromatic nitrogens is 2. The van der Waals surface area contributed by atoms with Crippen LogP contribution in [0.5, 0.6) is 0 Å². The highest BCUT2D eigenvalue weighted by Crippen LogP contribution is 2.10. The van der Waals surface area contributed by atoms with Crippen molar-refractivity contribution in [2.24, 2.45) is 0 Å². The fraction of sp³-hybridized carbons (Fsp3) is 0.818. The van der Waals surface area contributed by atoms with Crippen LogP contribution in [0.1, 0.15) is 19.2 Å². The molecule has 0 radical (unpaired) electrons. The zero-order valence-corrected chi connectivity index (χ0v) is 11.2. The van der Waals surface area contributed by atoms with Crippen LogP contribution >= 0.6 is 0 Å². The third kappa shape index (κ3) is 4.99. The highest BCUT2D eigenvalue weighted by molar-refractivity contribution is 5.22. The Morgan fingerprint density at radius 1 is 1.50 bits per heavy atom. The van der Waals surface area contributed by atoms with Crippen LogP contribution in [-0.2, 0) is 11.3 Å². The van der Waals surface area contributed by atoms with Crippen LogP contribution in [0.25, 0.3) is 0 Å². The number of ether oxygens (including phenoxy) is 1. The second-order valence-electron chi connectivity index (χ2n) is 4.14. The van der Waals surface area contributed by atoms with Crippen molar-refractivity contribution >= 4 is 6.01 Å². The van der Waals surface area contributed by atoms with E-state index in [1.807, 2.05) is 0 Å². The van der Waals surface area contributed by atoms with E-state index in [9.17, 15) is 5.11 Å². The van der Waals surface area contributed by atoms with Gasteiger partial charge in [-0.05, 0) is 13.0 Å². The quantitative estimate of drug-likeness (QED) is 0.604. The van der Waals surface area contributed by atoms with Crippen molar-refractivity contribution in [1.29, 1.82) is 0 Å². The molecule has 1 unspecified atom stereocenters. The second-order valence-corrected chi connectivity index (χ2v) is 4.14. The molecule has 1 aromatic rings. The fourth-order valence-electron chi connectivity index (χ4n) is 1.48. The average molecular weight is 258 g/mol. The molecule has 0 saturated heterocycles. The summed E-state index contributed by atoms with van der Waals surface area (Å²) in [5.41, 5.74) is 0. The van der Waals surface area contributed by atoms with Crippen molar-refractivity contribution in [3.8, 4) is 0 Å². The Bertz CT molecular complexity index is 332. The number of aliphatic hydroxyl groups excluding tert-OH is 1. The summed E-state index contributed by atoms with van der Waals surface area (Å²) in [6, 6.07) is 0.401. The molecule has 0 amide bonds. The Balaban J connectivity index is 2.41. The summed E-state index contributed by atoms with van der Waals surface area (Å²) in [7, 11) is 3.34. The molecule has 0 aliphatic rings. The van der Waals surface area contributed by atoms with Gasteiger partial charge in [0.25, 0.3) is 0 Å². The Morgan fingerprint density at radius 2 is 2.28 bits per heavy atom. The molecular weight excluding hydrogens is 236 g/mol. The topological polar surface area (TPSA) is 83.7 Å². The lowest BCUT2D eigenvalue weighted by atomic mass is 10.3. The van der Waals surface area contributed by atoms with Crippen LogP contribution in [0.3, 0.4) is 0 Å². The van der Waals surface area contributed by atoms with Crippen molar-refractivity contribution in [2.45, 2.75) is 26.0 Å². The predicted octanol–water partition coefficient (Wildman–Crippen LogP) is 0.0127. The summed E-state index contributed by atoms with van der Waals surface area (Å²) in [4.78, 5) is 1.71. The van der Waals surface area contributed by atoms with Crippen LogP contribution < -0.4 is 10.2 Å². The van der Waals surface area contributed by atoms with Crippen LogP contribution in [0, 0.1) is 0 Å². The van der Waals surface area contributed by atoms with E-state index in [-0.39, 0.29) is 6.61 Å². The second kappa shape index (κ2) is 8.02. The number of hydrogen-bond donors (Lipinski definition) is 2. The van der Waals surface area contributed by atoms with E-state index in [0.717, 1.165) is 13.0 Å². The Morgan fingerprint density at radius 3 is 2.94 bits per heavy atom. The van der Waals surface area contributed by atoms with Gasteiger partial charge < -0.3 is 24.5 Å². The van der Waals surface area contributed by atoms with Gasteiger partial charge >= 0.3 is 6.01 Å². The molecule has 7 heteroatoms. The number of rotatable bonds is 9. The molecule has 1 heterocycles. The Kier molecular flexibility index (Phi) is 6.63. The van der Waals surface area contributed by atoms with E-state index in [4.69, 9.17) is 9.15 Å². The SMILES string of the molecule is CCCNCc1nnc(N(C)CC(O)COC)o1. The molecule has 0 aromatic carbocycles. The highest BCUT2D eigenvalue weighted by Gasteiger charge is 2.14. The van der Waals surface area contributed by atoms with Gasteiger partial charge in [0.05, 0.1) is 25.8 Å². The van der Waals surface area contributed by atoms with Gasteiger partial charge in [-0.2, -0.15) is 0 Å². The van der Waals surface area contributed by atoms with Crippen molar-refractivity contribution in [2.75, 3.05) is 38.8 Å². The summed E-state index contributed by atoms with van der Waals surface area (Å²) < 4.78 is 10.3. The lowest BCUT2D eigenvalue weighted by Gasteiger charge is -2.17. The van der Waals surface area contributed by atoms with Crippen molar-refractivity contribution in [3.05, 3.63) is 5.89 Å². The van der Waals surface area contributed by atoms with E-state index in [2.05, 4.69) is 22.4 Å². The normalized spacial score (nSPS) is 12.7. The first-order valence-electron chi connectivity index (χ1n) is 6.08. The molecule has 0 fully saturated rings. The first-order chi connectivity index (χ1) is 8.67. The number of nitrogens with zero attached hydrogens (tertiary/aromatic N) is 3. The molecule has 7 nitrogen and oxygen atoms in total. The molecule has 0 spiro atoms. The van der Waals surface area contributed by atoms with Crippen molar-refractivity contribution in [3.63, 3.8) is 0 Å². The molecule has 18 heavy (non-hydrogen) atoms. The third-order valence-electron chi connectivity index (χ3n) is 2.33. The minimum Gasteiger partial charge on any atom is -0.407 e. The largest absolute Gasteiger partial charge is 0.407 e. The molecule has 1 rings (SSSR count). The third-order valence-corrected chi connectivity index (χ3v) is 2.33. The van der Waals surface area contributed by atoms with Crippen molar-refractivity contribution in [1.82, 2.24) is 15.5 Å². The van der Waals surface area contributed by atoms with E-state index in [0.29, 0.717) is 25.0 Å². The molecule has 0 aliphatic carbocycles. The minimum atomic E-state index is -0.575. The first kappa shape index (κ1) is 14.9. The van der Waals surface area contributed by atoms with Gasteiger partial charge in [-0.15, -0.1) is 5.10 Å². The smallest absolute Gasteiger partial charge is 0.318 e. The van der Waals surface area contributed by atoms with Gasteiger partial charge in [-0.1, -0.05) is 12.0 Å². The van der Waals surface area contributed by atoms with Crippen LogP contribution in [0.2, 0.25) is 0 Å². The monoisotopic (exact) mass is 258 g/mol. The molecule has 0 saturated carbocycles. The maximum atomic E-state index is 9.59. The van der Waals surface area contributed by atoms with E-state index < -0.39 is 6.10 Å². The Labute approximate surface area is 107 Å². The summed E-state index contributed by atoms with van der Waals surface area (Å²) in [6.45, 7) is 4.24. The van der Waals surface area contributed by atoms with Gasteiger partial charge in [0.15, 0.2) is 0 Å². The average Bonchev–Trinajstić information content (AvgIpc) is 2.78. The summed E-state index contributed by atoms with van der Waals surface area (Å²) in [6.07, 6.45) is 0.484. The number of anilines is 1. The molecule has 1 atom stereocenters. The zero-order chi connectivity index (χ0) is 13.4. The minimum absolute atomic E-state index is 0.281. The maximum absolute atomic E-state index is 9.59. The van der Waals surface area contributed by atoms with Gasteiger partial charge in [0.2, 0.25) is 5.89 Å². The predicted molar refractivity (Wildman–Crippen MR) is 67.4 cm³/mol. The number of nitrogens with one attached hydrogen (secondary N) is 1. The van der Waals surface area contributed by atoms with E-state index in [1.54, 1.807) is 19.1 Å². The van der Waals surface area contributed by atoms with Gasteiger partial charge in [0, 0.05) is 14.2 Å². The highest BCUT2D eigenvalue weighted by atomic mass is 16.5. The number of likely N-dealkylation sites (N-methyl/N-ethyl adjacent to an activating group) is 1. The van der Waals surface area contributed by atoms with Crippen molar-refractivity contribution < 1.29 is 14.3 Å². The van der Waals surface area contributed by atoms with Crippen LogP contribution in [0.15, 0.2) is 4.42 Å². The molecule has 0 bridgehead atoms. The zero-order valence-electron chi connectivity index (χ0n) is 11.2. The molecule has 104 valence electrons. The Hall–Kier alpha value is -1.18. The van der Waals surface area contributed by atoms with E-state index >= 15 is 0 Å². The number of aliphatic hydroxyl groups is 1.